The number of rotatable bonds is 4. The molecule has 0 saturated heterocycles. The molecule has 0 spiro atoms. The molecule has 0 bridgehead atoms. The van der Waals surface area contributed by atoms with Gasteiger partial charge >= 0.3 is 0 Å². The maximum absolute atomic E-state index is 14.3. The highest BCUT2D eigenvalue weighted by atomic mass is 35.5. The van der Waals surface area contributed by atoms with Gasteiger partial charge in [-0.3, -0.25) is 0 Å². The Labute approximate surface area is 146 Å². The summed E-state index contributed by atoms with van der Waals surface area (Å²) in [7, 11) is 0. The van der Waals surface area contributed by atoms with Gasteiger partial charge in [-0.05, 0) is 45.7 Å². The largest absolute Gasteiger partial charge is 0.591 e. The lowest BCUT2D eigenvalue weighted by Gasteiger charge is -2.35. The van der Waals surface area contributed by atoms with Crippen molar-refractivity contribution >= 4 is 28.7 Å². The summed E-state index contributed by atoms with van der Waals surface area (Å²) in [6, 6.07) is 2.14. The summed E-state index contributed by atoms with van der Waals surface area (Å²) in [5.74, 6) is -3.18. The lowest BCUT2D eigenvalue weighted by molar-refractivity contribution is 0.0199. The molecule has 1 aliphatic rings. The average molecular weight is 384 g/mol. The SMILES string of the molecule is CC(C)(C)[S@@+]([O-])/N=C(/c1ccc(F)c(Cl)c1F)[C@H]1C[C@H](C(F)F)C1. The predicted molar refractivity (Wildman–Crippen MR) is 88.0 cm³/mol. The van der Waals surface area contributed by atoms with E-state index < -0.39 is 51.0 Å². The van der Waals surface area contributed by atoms with Gasteiger partial charge in [-0.1, -0.05) is 16.0 Å². The topological polar surface area (TPSA) is 35.4 Å². The fourth-order valence-corrected chi connectivity index (χ4v) is 3.25. The summed E-state index contributed by atoms with van der Waals surface area (Å²) < 4.78 is 68.9. The van der Waals surface area contributed by atoms with Crippen molar-refractivity contribution < 1.29 is 22.1 Å². The molecule has 1 fully saturated rings. The van der Waals surface area contributed by atoms with Gasteiger partial charge in [0.1, 0.15) is 32.7 Å². The van der Waals surface area contributed by atoms with E-state index in [1.807, 2.05) is 0 Å². The van der Waals surface area contributed by atoms with Gasteiger partial charge in [-0.2, -0.15) is 0 Å². The van der Waals surface area contributed by atoms with Gasteiger partial charge in [0.05, 0.1) is 0 Å². The van der Waals surface area contributed by atoms with E-state index in [1.165, 1.54) is 0 Å². The zero-order valence-corrected chi connectivity index (χ0v) is 15.0. The van der Waals surface area contributed by atoms with Crippen molar-refractivity contribution in [2.24, 2.45) is 16.2 Å². The number of halogens is 5. The van der Waals surface area contributed by atoms with Crippen molar-refractivity contribution in [1.29, 1.82) is 0 Å². The summed E-state index contributed by atoms with van der Waals surface area (Å²) in [4.78, 5) is 0. The molecule has 8 heteroatoms. The Balaban J connectivity index is 2.41. The highest BCUT2D eigenvalue weighted by Gasteiger charge is 2.41. The molecule has 0 N–H and O–H groups in total. The molecule has 2 nitrogen and oxygen atoms in total. The van der Waals surface area contributed by atoms with E-state index in [0.29, 0.717) is 0 Å². The average Bonchev–Trinajstić information content (AvgIpc) is 2.41. The molecular formula is C16H18ClF4NOS. The minimum atomic E-state index is -2.46. The molecule has 1 atom stereocenters. The third kappa shape index (κ3) is 4.06. The molecule has 1 aliphatic carbocycles. The Hall–Kier alpha value is -0.790. The second-order valence-corrected chi connectivity index (χ2v) is 9.11. The summed E-state index contributed by atoms with van der Waals surface area (Å²) in [6.45, 7) is 5.09. The first kappa shape index (κ1) is 19.5. The third-order valence-electron chi connectivity index (χ3n) is 3.93. The quantitative estimate of drug-likeness (QED) is 0.306. The van der Waals surface area contributed by atoms with Gasteiger partial charge in [0.25, 0.3) is 0 Å². The number of benzene rings is 1. The van der Waals surface area contributed by atoms with Gasteiger partial charge in [0.2, 0.25) is 6.43 Å². The maximum Gasteiger partial charge on any atom is 0.241 e. The van der Waals surface area contributed by atoms with E-state index in [2.05, 4.69) is 4.40 Å². The number of nitrogens with zero attached hydrogens (tertiary/aromatic N) is 1. The van der Waals surface area contributed by atoms with Crippen LogP contribution in [0, 0.1) is 23.5 Å². The van der Waals surface area contributed by atoms with Crippen LogP contribution in [-0.4, -0.2) is 21.4 Å². The Morgan fingerprint density at radius 3 is 2.38 bits per heavy atom. The number of hydrogen-bond acceptors (Lipinski definition) is 2. The first-order chi connectivity index (χ1) is 11.0. The second-order valence-electron chi connectivity index (χ2n) is 6.82. The van der Waals surface area contributed by atoms with Gasteiger partial charge in [0, 0.05) is 17.4 Å². The molecule has 0 aliphatic heterocycles. The molecule has 1 saturated carbocycles. The lowest BCUT2D eigenvalue weighted by atomic mass is 9.71. The Morgan fingerprint density at radius 2 is 1.88 bits per heavy atom. The van der Waals surface area contributed by atoms with E-state index in [0.717, 1.165) is 12.1 Å². The zero-order valence-electron chi connectivity index (χ0n) is 13.5. The monoisotopic (exact) mass is 383 g/mol. The summed E-state index contributed by atoms with van der Waals surface area (Å²) >= 11 is 3.90. The third-order valence-corrected chi connectivity index (χ3v) is 5.69. The Morgan fingerprint density at radius 1 is 1.29 bits per heavy atom. The van der Waals surface area contributed by atoms with Crippen LogP contribution in [0.5, 0.6) is 0 Å². The van der Waals surface area contributed by atoms with Crippen molar-refractivity contribution in [2.45, 2.75) is 44.8 Å². The van der Waals surface area contributed by atoms with Gasteiger partial charge in [0.15, 0.2) is 5.82 Å². The van der Waals surface area contributed by atoms with Gasteiger partial charge in [-0.15, -0.1) is 0 Å². The minimum Gasteiger partial charge on any atom is -0.591 e. The van der Waals surface area contributed by atoms with Crippen LogP contribution in [-0.2, 0) is 11.4 Å². The highest BCUT2D eigenvalue weighted by Crippen LogP contribution is 2.41. The molecule has 2 rings (SSSR count). The second kappa shape index (κ2) is 7.22. The van der Waals surface area contributed by atoms with Crippen LogP contribution in [0.1, 0.15) is 39.2 Å². The molecular weight excluding hydrogens is 366 g/mol. The molecule has 0 heterocycles. The van der Waals surface area contributed by atoms with Crippen LogP contribution in [0.2, 0.25) is 5.02 Å². The van der Waals surface area contributed by atoms with E-state index in [1.54, 1.807) is 20.8 Å². The highest BCUT2D eigenvalue weighted by molar-refractivity contribution is 7.91. The van der Waals surface area contributed by atoms with Crippen LogP contribution in [0.15, 0.2) is 16.5 Å². The first-order valence-corrected chi connectivity index (χ1v) is 8.93. The normalized spacial score (nSPS) is 23.3. The summed E-state index contributed by atoms with van der Waals surface area (Å²) in [6.07, 6.45) is -2.23. The van der Waals surface area contributed by atoms with Crippen molar-refractivity contribution in [3.8, 4) is 0 Å². The molecule has 0 aromatic heterocycles. The van der Waals surface area contributed by atoms with E-state index in [4.69, 9.17) is 11.6 Å². The number of hydrogen-bond donors (Lipinski definition) is 0. The van der Waals surface area contributed by atoms with Crippen LogP contribution >= 0.6 is 11.6 Å². The minimum absolute atomic E-state index is 0.0864. The zero-order chi connectivity index (χ0) is 18.2. The van der Waals surface area contributed by atoms with Crippen LogP contribution in [0.3, 0.4) is 0 Å². The van der Waals surface area contributed by atoms with Crippen LogP contribution in [0.4, 0.5) is 17.6 Å². The fraction of sp³-hybridized carbons (Fsp3) is 0.562. The number of alkyl halides is 2. The summed E-state index contributed by atoms with van der Waals surface area (Å²) in [5.41, 5.74) is 0.0243. The van der Waals surface area contributed by atoms with Gasteiger partial charge in [-0.25, -0.2) is 17.6 Å². The first-order valence-electron chi connectivity index (χ1n) is 7.45. The molecule has 0 unspecified atom stereocenters. The van der Waals surface area contributed by atoms with Crippen LogP contribution in [0.25, 0.3) is 0 Å². The molecule has 24 heavy (non-hydrogen) atoms. The molecule has 134 valence electrons. The van der Waals surface area contributed by atoms with E-state index in [9.17, 15) is 22.1 Å². The maximum atomic E-state index is 14.3. The van der Waals surface area contributed by atoms with Crippen molar-refractivity contribution in [1.82, 2.24) is 0 Å². The fourth-order valence-electron chi connectivity index (χ4n) is 2.38. The predicted octanol–water partition coefficient (Wildman–Crippen LogP) is 5.16. The smallest absolute Gasteiger partial charge is 0.241 e. The molecule has 1 aromatic rings. The van der Waals surface area contributed by atoms with E-state index >= 15 is 0 Å². The van der Waals surface area contributed by atoms with E-state index in [-0.39, 0.29) is 24.1 Å². The van der Waals surface area contributed by atoms with Crippen LogP contribution < -0.4 is 0 Å². The Bertz CT molecular complexity index is 642. The van der Waals surface area contributed by atoms with Crippen molar-refractivity contribution in [3.63, 3.8) is 0 Å². The van der Waals surface area contributed by atoms with Crippen molar-refractivity contribution in [3.05, 3.63) is 34.4 Å². The molecule has 0 amide bonds. The van der Waals surface area contributed by atoms with Crippen molar-refractivity contribution in [2.75, 3.05) is 0 Å². The lowest BCUT2D eigenvalue weighted by Crippen LogP contribution is -2.37. The molecule has 1 aromatic carbocycles. The Kier molecular flexibility index (Phi) is 5.87. The summed E-state index contributed by atoms with van der Waals surface area (Å²) in [5, 5.41) is -0.688. The molecule has 0 radical (unpaired) electrons. The van der Waals surface area contributed by atoms with Gasteiger partial charge < -0.3 is 4.55 Å². The standard InChI is InChI=1S/C16H18ClF4NOS/c1-16(2,3)24(23)22-14(8-6-9(7-8)15(20)21)10-4-5-11(18)12(17)13(10)19/h4-5,8-9,15H,6-7H2,1-3H3/b22-14+/t8-,9-,24-/m1/s1.